The van der Waals surface area contributed by atoms with Crippen molar-refractivity contribution in [3.8, 4) is 5.69 Å². The van der Waals surface area contributed by atoms with Crippen LogP contribution in [0.1, 0.15) is 15.9 Å². The summed E-state index contributed by atoms with van der Waals surface area (Å²) in [6.07, 6.45) is 3.55. The number of halogens is 2. The van der Waals surface area contributed by atoms with Crippen LogP contribution in [0.5, 0.6) is 0 Å². The number of rotatable bonds is 4. The van der Waals surface area contributed by atoms with Gasteiger partial charge in [-0.15, -0.1) is 0 Å². The number of nitrogens with zero attached hydrogens (tertiary/aromatic N) is 2. The number of carbonyl (C=O) groups is 1. The zero-order chi connectivity index (χ0) is 16.2. The van der Waals surface area contributed by atoms with Gasteiger partial charge in [-0.3, -0.25) is 4.79 Å². The lowest BCUT2D eigenvalue weighted by atomic mass is 10.2. The minimum Gasteiger partial charge on any atom is -0.348 e. The van der Waals surface area contributed by atoms with Gasteiger partial charge in [0.25, 0.3) is 5.91 Å². The Kier molecular flexibility index (Phi) is 4.71. The Morgan fingerprint density at radius 2 is 2.00 bits per heavy atom. The lowest BCUT2D eigenvalue weighted by Gasteiger charge is -2.06. The van der Waals surface area contributed by atoms with Crippen LogP contribution in [0.4, 0.5) is 4.39 Å². The molecule has 4 nitrogen and oxygen atoms in total. The molecule has 2 aromatic carbocycles. The SMILES string of the molecule is O=C(NCc1cnn(-c2ccccc2)c1)c1cc(F)ccc1I. The van der Waals surface area contributed by atoms with Crippen molar-refractivity contribution in [1.29, 1.82) is 0 Å². The van der Waals surface area contributed by atoms with E-state index in [4.69, 9.17) is 0 Å². The second kappa shape index (κ2) is 6.91. The van der Waals surface area contributed by atoms with Crippen LogP contribution in [0, 0.1) is 9.39 Å². The van der Waals surface area contributed by atoms with Crippen molar-refractivity contribution in [3.63, 3.8) is 0 Å². The number of benzene rings is 2. The third kappa shape index (κ3) is 3.76. The van der Waals surface area contributed by atoms with Crippen LogP contribution in [0.2, 0.25) is 0 Å². The molecule has 6 heteroatoms. The van der Waals surface area contributed by atoms with Gasteiger partial charge in [0.2, 0.25) is 0 Å². The molecule has 1 heterocycles. The van der Waals surface area contributed by atoms with E-state index >= 15 is 0 Å². The molecule has 0 radical (unpaired) electrons. The van der Waals surface area contributed by atoms with E-state index in [-0.39, 0.29) is 5.91 Å². The third-order valence-electron chi connectivity index (χ3n) is 3.28. The Morgan fingerprint density at radius 1 is 1.22 bits per heavy atom. The van der Waals surface area contributed by atoms with E-state index in [1.165, 1.54) is 12.1 Å². The number of hydrogen-bond donors (Lipinski definition) is 1. The number of aromatic nitrogens is 2. The molecule has 1 aromatic heterocycles. The predicted octanol–water partition coefficient (Wildman–Crippen LogP) is 3.55. The normalized spacial score (nSPS) is 10.5. The molecule has 0 aliphatic carbocycles. The fourth-order valence-electron chi connectivity index (χ4n) is 2.12. The second-order valence-corrected chi connectivity index (χ2v) is 6.10. The second-order valence-electron chi connectivity index (χ2n) is 4.94. The lowest BCUT2D eigenvalue weighted by Crippen LogP contribution is -2.23. The summed E-state index contributed by atoms with van der Waals surface area (Å²) in [5.41, 5.74) is 2.15. The molecular formula is C17H13FIN3O. The van der Waals surface area contributed by atoms with Gasteiger partial charge in [-0.1, -0.05) is 18.2 Å². The maximum absolute atomic E-state index is 13.3. The summed E-state index contributed by atoms with van der Waals surface area (Å²) in [7, 11) is 0. The smallest absolute Gasteiger partial charge is 0.252 e. The van der Waals surface area contributed by atoms with Gasteiger partial charge in [0.1, 0.15) is 5.82 Å². The maximum atomic E-state index is 13.3. The van der Waals surface area contributed by atoms with Crippen LogP contribution in [0.3, 0.4) is 0 Å². The Morgan fingerprint density at radius 3 is 2.78 bits per heavy atom. The molecule has 0 spiro atoms. The van der Waals surface area contributed by atoms with Crippen LogP contribution in [-0.4, -0.2) is 15.7 Å². The van der Waals surface area contributed by atoms with Gasteiger partial charge < -0.3 is 5.32 Å². The zero-order valence-corrected chi connectivity index (χ0v) is 14.2. The number of carbonyl (C=O) groups excluding carboxylic acids is 1. The topological polar surface area (TPSA) is 46.9 Å². The largest absolute Gasteiger partial charge is 0.348 e. The summed E-state index contributed by atoms with van der Waals surface area (Å²) in [4.78, 5) is 12.2. The van der Waals surface area contributed by atoms with Crippen molar-refractivity contribution < 1.29 is 9.18 Å². The predicted molar refractivity (Wildman–Crippen MR) is 93.9 cm³/mol. The van der Waals surface area contributed by atoms with Crippen molar-refractivity contribution in [2.75, 3.05) is 0 Å². The van der Waals surface area contributed by atoms with E-state index in [1.54, 1.807) is 16.9 Å². The summed E-state index contributed by atoms with van der Waals surface area (Å²) >= 11 is 2.01. The first kappa shape index (κ1) is 15.7. The van der Waals surface area contributed by atoms with E-state index in [0.717, 1.165) is 11.3 Å². The van der Waals surface area contributed by atoms with Crippen molar-refractivity contribution in [2.45, 2.75) is 6.54 Å². The van der Waals surface area contributed by atoms with Crippen molar-refractivity contribution >= 4 is 28.5 Å². The Bertz CT molecular complexity index is 833. The van der Waals surface area contributed by atoms with Gasteiger partial charge in [-0.2, -0.15) is 5.10 Å². The average molecular weight is 421 g/mol. The molecule has 0 bridgehead atoms. The maximum Gasteiger partial charge on any atom is 0.252 e. The highest BCUT2D eigenvalue weighted by atomic mass is 127. The molecular weight excluding hydrogens is 408 g/mol. The average Bonchev–Trinajstić information content (AvgIpc) is 3.05. The molecule has 0 aliphatic heterocycles. The number of nitrogens with one attached hydrogen (secondary N) is 1. The third-order valence-corrected chi connectivity index (χ3v) is 4.22. The standard InChI is InChI=1S/C17H13FIN3O/c18-13-6-7-16(19)15(8-13)17(23)20-9-12-10-21-22(11-12)14-4-2-1-3-5-14/h1-8,10-11H,9H2,(H,20,23). The van der Waals surface area contributed by atoms with Gasteiger partial charge in [0.15, 0.2) is 0 Å². The summed E-state index contributed by atoms with van der Waals surface area (Å²) in [6, 6.07) is 13.9. The Balaban J connectivity index is 1.68. The Labute approximate surface area is 146 Å². The molecule has 0 unspecified atom stereocenters. The van der Waals surface area contributed by atoms with Crippen LogP contribution in [0.25, 0.3) is 5.69 Å². The van der Waals surface area contributed by atoms with E-state index in [0.29, 0.717) is 15.7 Å². The van der Waals surface area contributed by atoms with Crippen molar-refractivity contribution in [1.82, 2.24) is 15.1 Å². The van der Waals surface area contributed by atoms with E-state index in [2.05, 4.69) is 10.4 Å². The molecule has 1 N–H and O–H groups in total. The van der Waals surface area contributed by atoms with Crippen LogP contribution in [-0.2, 0) is 6.54 Å². The molecule has 0 saturated carbocycles. The highest BCUT2D eigenvalue weighted by Crippen LogP contribution is 2.14. The molecule has 0 atom stereocenters. The molecule has 3 rings (SSSR count). The number of amides is 1. The van der Waals surface area contributed by atoms with Gasteiger partial charge in [-0.05, 0) is 52.9 Å². The molecule has 0 fully saturated rings. The molecule has 0 saturated heterocycles. The van der Waals surface area contributed by atoms with Gasteiger partial charge in [0, 0.05) is 21.9 Å². The van der Waals surface area contributed by atoms with Gasteiger partial charge >= 0.3 is 0 Å². The lowest BCUT2D eigenvalue weighted by molar-refractivity contribution is 0.0949. The summed E-state index contributed by atoms with van der Waals surface area (Å²) in [5, 5.41) is 7.06. The molecule has 1 amide bonds. The Hall–Kier alpha value is -2.22. The number of para-hydroxylation sites is 1. The zero-order valence-electron chi connectivity index (χ0n) is 12.0. The monoisotopic (exact) mass is 421 g/mol. The molecule has 116 valence electrons. The highest BCUT2D eigenvalue weighted by molar-refractivity contribution is 14.1. The van der Waals surface area contributed by atoms with E-state index < -0.39 is 5.82 Å². The fraction of sp³-hybridized carbons (Fsp3) is 0.0588. The quantitative estimate of drug-likeness (QED) is 0.656. The molecule has 23 heavy (non-hydrogen) atoms. The first-order valence-electron chi connectivity index (χ1n) is 6.96. The van der Waals surface area contributed by atoms with Crippen molar-refractivity contribution in [3.05, 3.63) is 81.4 Å². The molecule has 3 aromatic rings. The van der Waals surface area contributed by atoms with Crippen LogP contribution in [0.15, 0.2) is 60.9 Å². The van der Waals surface area contributed by atoms with E-state index in [9.17, 15) is 9.18 Å². The summed E-state index contributed by atoms with van der Waals surface area (Å²) in [6.45, 7) is 0.332. The first-order chi connectivity index (χ1) is 11.1. The summed E-state index contributed by atoms with van der Waals surface area (Å²) in [5.74, 6) is -0.728. The van der Waals surface area contributed by atoms with Gasteiger partial charge in [-0.25, -0.2) is 9.07 Å². The number of hydrogen-bond acceptors (Lipinski definition) is 2. The first-order valence-corrected chi connectivity index (χ1v) is 8.03. The van der Waals surface area contributed by atoms with Crippen LogP contribution >= 0.6 is 22.6 Å². The van der Waals surface area contributed by atoms with Gasteiger partial charge in [0.05, 0.1) is 17.4 Å². The minimum absolute atomic E-state index is 0.304. The summed E-state index contributed by atoms with van der Waals surface area (Å²) < 4.78 is 15.7. The van der Waals surface area contributed by atoms with E-state index in [1.807, 2.05) is 59.1 Å². The van der Waals surface area contributed by atoms with Crippen molar-refractivity contribution in [2.24, 2.45) is 0 Å². The molecule has 0 aliphatic rings. The van der Waals surface area contributed by atoms with Crippen LogP contribution < -0.4 is 5.32 Å². The minimum atomic E-state index is -0.424. The highest BCUT2D eigenvalue weighted by Gasteiger charge is 2.11. The fourth-order valence-corrected chi connectivity index (χ4v) is 2.70.